The zero-order chi connectivity index (χ0) is 12.3. The molecule has 1 atom stereocenters. The van der Waals surface area contributed by atoms with E-state index in [0.717, 1.165) is 5.56 Å². The third-order valence-corrected chi connectivity index (χ3v) is 2.25. The largest absolute Gasteiger partial charge is 0.397 e. The molecule has 0 saturated heterocycles. The van der Waals surface area contributed by atoms with Crippen LogP contribution in [0.3, 0.4) is 0 Å². The number of benzene rings is 1. The minimum atomic E-state index is -0.325. The summed E-state index contributed by atoms with van der Waals surface area (Å²) in [7, 11) is 0. The Morgan fingerprint density at radius 1 is 1.50 bits per heavy atom. The van der Waals surface area contributed by atoms with Crippen molar-refractivity contribution in [2.75, 3.05) is 18.1 Å². The first-order valence-electron chi connectivity index (χ1n) is 5.03. The van der Waals surface area contributed by atoms with Crippen molar-refractivity contribution in [2.45, 2.75) is 19.9 Å². The summed E-state index contributed by atoms with van der Waals surface area (Å²) >= 11 is 0. The number of nitrogen functional groups attached to an aromatic ring is 2. The van der Waals surface area contributed by atoms with Gasteiger partial charge in [0.2, 0.25) is 0 Å². The van der Waals surface area contributed by atoms with Crippen LogP contribution < -0.4 is 16.8 Å². The third kappa shape index (κ3) is 2.64. The Morgan fingerprint density at radius 2 is 2.12 bits per heavy atom. The van der Waals surface area contributed by atoms with Crippen molar-refractivity contribution in [1.82, 2.24) is 5.32 Å². The van der Waals surface area contributed by atoms with Crippen LogP contribution in [0.4, 0.5) is 11.4 Å². The molecule has 1 unspecified atom stereocenters. The van der Waals surface area contributed by atoms with Gasteiger partial charge in [0, 0.05) is 6.04 Å². The van der Waals surface area contributed by atoms with E-state index in [1.165, 1.54) is 0 Å². The Bertz CT molecular complexity index is 404. The van der Waals surface area contributed by atoms with E-state index in [-0.39, 0.29) is 24.2 Å². The molecule has 1 aromatic rings. The summed E-state index contributed by atoms with van der Waals surface area (Å²) in [4.78, 5) is 11.8. The first-order valence-corrected chi connectivity index (χ1v) is 5.03. The number of nitrogens with two attached hydrogens (primary N) is 2. The minimum Gasteiger partial charge on any atom is -0.397 e. The lowest BCUT2D eigenvalue weighted by Crippen LogP contribution is -2.35. The smallest absolute Gasteiger partial charge is 0.253 e. The van der Waals surface area contributed by atoms with Crippen molar-refractivity contribution in [3.05, 3.63) is 23.3 Å². The maximum Gasteiger partial charge on any atom is 0.253 e. The monoisotopic (exact) mass is 223 g/mol. The number of rotatable bonds is 3. The lowest BCUT2D eigenvalue weighted by Gasteiger charge is -2.13. The fourth-order valence-corrected chi connectivity index (χ4v) is 1.36. The van der Waals surface area contributed by atoms with Crippen molar-refractivity contribution in [2.24, 2.45) is 0 Å². The molecule has 16 heavy (non-hydrogen) atoms. The van der Waals surface area contributed by atoms with Gasteiger partial charge in [-0.25, -0.2) is 0 Å². The molecule has 0 aliphatic rings. The van der Waals surface area contributed by atoms with E-state index in [4.69, 9.17) is 16.6 Å². The molecule has 0 aliphatic heterocycles. The van der Waals surface area contributed by atoms with Crippen molar-refractivity contribution in [3.63, 3.8) is 0 Å². The van der Waals surface area contributed by atoms with E-state index < -0.39 is 0 Å². The minimum absolute atomic E-state index is 0.118. The Labute approximate surface area is 94.4 Å². The molecule has 0 radical (unpaired) electrons. The van der Waals surface area contributed by atoms with E-state index in [2.05, 4.69) is 5.32 Å². The molecule has 5 heteroatoms. The lowest BCUT2D eigenvalue weighted by molar-refractivity contribution is 0.0923. The number of carbonyl (C=O) groups is 1. The van der Waals surface area contributed by atoms with Crippen LogP contribution >= 0.6 is 0 Å². The first-order chi connectivity index (χ1) is 7.45. The fraction of sp³-hybridized carbons (Fsp3) is 0.364. The SMILES string of the molecule is Cc1cc(N)c(N)c(C(=O)NC(C)CO)c1. The number of aliphatic hydroxyl groups is 1. The number of hydrogen-bond acceptors (Lipinski definition) is 4. The van der Waals surface area contributed by atoms with Gasteiger partial charge in [0.1, 0.15) is 0 Å². The highest BCUT2D eigenvalue weighted by molar-refractivity contribution is 6.01. The molecule has 0 spiro atoms. The van der Waals surface area contributed by atoms with Crippen LogP contribution in [0, 0.1) is 6.92 Å². The molecule has 0 bridgehead atoms. The molecule has 1 aromatic carbocycles. The van der Waals surface area contributed by atoms with Crippen LogP contribution in [0.15, 0.2) is 12.1 Å². The zero-order valence-electron chi connectivity index (χ0n) is 9.45. The molecule has 5 nitrogen and oxygen atoms in total. The molecule has 0 saturated carbocycles. The predicted octanol–water partition coefficient (Wildman–Crippen LogP) is 0.270. The van der Waals surface area contributed by atoms with Crippen LogP contribution in [-0.4, -0.2) is 23.7 Å². The Hall–Kier alpha value is -1.75. The molecule has 88 valence electrons. The average molecular weight is 223 g/mol. The zero-order valence-corrected chi connectivity index (χ0v) is 9.45. The number of amides is 1. The highest BCUT2D eigenvalue weighted by Gasteiger charge is 2.14. The van der Waals surface area contributed by atoms with E-state index in [0.29, 0.717) is 11.3 Å². The topological polar surface area (TPSA) is 101 Å². The van der Waals surface area contributed by atoms with E-state index in [1.54, 1.807) is 19.1 Å². The molecule has 0 aliphatic carbocycles. The van der Waals surface area contributed by atoms with Gasteiger partial charge in [0.05, 0.1) is 23.5 Å². The molecule has 6 N–H and O–H groups in total. The summed E-state index contributed by atoms with van der Waals surface area (Å²) in [6.07, 6.45) is 0. The Morgan fingerprint density at radius 3 is 2.69 bits per heavy atom. The normalized spacial score (nSPS) is 12.2. The van der Waals surface area contributed by atoms with Gasteiger partial charge >= 0.3 is 0 Å². The quantitative estimate of drug-likeness (QED) is 0.552. The maximum absolute atomic E-state index is 11.8. The number of anilines is 2. The van der Waals surface area contributed by atoms with Crippen LogP contribution in [0.2, 0.25) is 0 Å². The first kappa shape index (κ1) is 12.3. The van der Waals surface area contributed by atoms with Crippen LogP contribution in [-0.2, 0) is 0 Å². The summed E-state index contributed by atoms with van der Waals surface area (Å²) in [5.41, 5.74) is 13.3. The summed E-state index contributed by atoms with van der Waals surface area (Å²) in [6, 6.07) is 3.07. The van der Waals surface area contributed by atoms with E-state index >= 15 is 0 Å². The van der Waals surface area contributed by atoms with Crippen molar-refractivity contribution >= 4 is 17.3 Å². The molecular formula is C11H17N3O2. The van der Waals surface area contributed by atoms with Crippen LogP contribution in [0.5, 0.6) is 0 Å². The van der Waals surface area contributed by atoms with Gasteiger partial charge in [0.15, 0.2) is 0 Å². The molecule has 0 heterocycles. The number of aryl methyl sites for hydroxylation is 1. The number of carbonyl (C=O) groups excluding carboxylic acids is 1. The number of nitrogens with one attached hydrogen (secondary N) is 1. The second-order valence-corrected chi connectivity index (χ2v) is 3.87. The van der Waals surface area contributed by atoms with Crippen molar-refractivity contribution in [3.8, 4) is 0 Å². The number of hydrogen-bond donors (Lipinski definition) is 4. The van der Waals surface area contributed by atoms with Gasteiger partial charge in [-0.3, -0.25) is 4.79 Å². The van der Waals surface area contributed by atoms with Gasteiger partial charge in [-0.1, -0.05) is 0 Å². The molecule has 0 fully saturated rings. The third-order valence-electron chi connectivity index (χ3n) is 2.25. The van der Waals surface area contributed by atoms with Gasteiger partial charge in [-0.05, 0) is 31.5 Å². The van der Waals surface area contributed by atoms with Crippen LogP contribution in [0.25, 0.3) is 0 Å². The van der Waals surface area contributed by atoms with Gasteiger partial charge < -0.3 is 21.9 Å². The van der Waals surface area contributed by atoms with Gasteiger partial charge in [-0.15, -0.1) is 0 Å². The fourth-order valence-electron chi connectivity index (χ4n) is 1.36. The summed E-state index contributed by atoms with van der Waals surface area (Å²) < 4.78 is 0. The van der Waals surface area contributed by atoms with Gasteiger partial charge in [0.25, 0.3) is 5.91 Å². The second kappa shape index (κ2) is 4.85. The molecule has 1 amide bonds. The number of aliphatic hydroxyl groups excluding tert-OH is 1. The summed E-state index contributed by atoms with van der Waals surface area (Å²) in [5.74, 6) is -0.325. The van der Waals surface area contributed by atoms with Crippen LogP contribution in [0.1, 0.15) is 22.8 Å². The lowest BCUT2D eigenvalue weighted by atomic mass is 10.1. The van der Waals surface area contributed by atoms with E-state index in [9.17, 15) is 4.79 Å². The standard InChI is InChI=1S/C11H17N3O2/c1-6-3-8(10(13)9(12)4-6)11(16)14-7(2)5-15/h3-4,7,15H,5,12-13H2,1-2H3,(H,14,16). The molecule has 1 rings (SSSR count). The highest BCUT2D eigenvalue weighted by Crippen LogP contribution is 2.22. The van der Waals surface area contributed by atoms with Gasteiger partial charge in [-0.2, -0.15) is 0 Å². The van der Waals surface area contributed by atoms with Crippen molar-refractivity contribution < 1.29 is 9.90 Å². The summed E-state index contributed by atoms with van der Waals surface area (Å²) in [6.45, 7) is 3.42. The summed E-state index contributed by atoms with van der Waals surface area (Å²) in [5, 5.41) is 11.5. The Kier molecular flexibility index (Phi) is 3.73. The van der Waals surface area contributed by atoms with E-state index in [1.807, 2.05) is 6.92 Å². The Balaban J connectivity index is 2.99. The van der Waals surface area contributed by atoms with Crippen molar-refractivity contribution in [1.29, 1.82) is 0 Å². The highest BCUT2D eigenvalue weighted by atomic mass is 16.3. The maximum atomic E-state index is 11.8. The molecular weight excluding hydrogens is 206 g/mol. The molecule has 0 aromatic heterocycles. The predicted molar refractivity (Wildman–Crippen MR) is 64.0 cm³/mol. The second-order valence-electron chi connectivity index (χ2n) is 3.87. The average Bonchev–Trinajstić information content (AvgIpc) is 2.22.